The van der Waals surface area contributed by atoms with E-state index in [-0.39, 0.29) is 12.2 Å². The number of hydrogen-bond donors (Lipinski definition) is 0. The monoisotopic (exact) mass is 279 g/mol. The maximum absolute atomic E-state index is 5.96. The number of rotatable bonds is 5. The van der Waals surface area contributed by atoms with Gasteiger partial charge in [0.15, 0.2) is 0 Å². The lowest BCUT2D eigenvalue weighted by atomic mass is 10.1. The molecular formula is C15H21NO2S. The van der Waals surface area contributed by atoms with E-state index in [1.807, 2.05) is 6.08 Å². The average Bonchev–Trinajstić information content (AvgIpc) is 3.06. The van der Waals surface area contributed by atoms with Gasteiger partial charge in [0.05, 0.1) is 25.4 Å². The molecule has 1 aromatic heterocycles. The molecule has 0 aromatic carbocycles. The summed E-state index contributed by atoms with van der Waals surface area (Å²) in [6.45, 7) is 7.24. The Morgan fingerprint density at radius 1 is 1.53 bits per heavy atom. The molecule has 1 aromatic rings. The Bertz CT molecular complexity index is 406. The van der Waals surface area contributed by atoms with Crippen LogP contribution in [0.15, 0.2) is 29.5 Å². The van der Waals surface area contributed by atoms with Gasteiger partial charge in [-0.05, 0) is 35.2 Å². The largest absolute Gasteiger partial charge is 0.373 e. The van der Waals surface area contributed by atoms with Crippen molar-refractivity contribution in [2.75, 3.05) is 19.8 Å². The van der Waals surface area contributed by atoms with Crippen molar-refractivity contribution in [2.45, 2.75) is 37.6 Å². The Kier molecular flexibility index (Phi) is 4.33. The summed E-state index contributed by atoms with van der Waals surface area (Å²) in [4.78, 5) is 2.56. The minimum Gasteiger partial charge on any atom is -0.373 e. The summed E-state index contributed by atoms with van der Waals surface area (Å²) in [5, 5.41) is 4.39. The molecule has 3 rings (SSSR count). The van der Waals surface area contributed by atoms with Gasteiger partial charge in [0, 0.05) is 19.1 Å². The third kappa shape index (κ3) is 2.92. The van der Waals surface area contributed by atoms with Crippen molar-refractivity contribution in [3.8, 4) is 0 Å². The normalized spacial score (nSPS) is 31.3. The van der Waals surface area contributed by atoms with Crippen LogP contribution >= 0.6 is 11.3 Å². The summed E-state index contributed by atoms with van der Waals surface area (Å²) in [6.07, 6.45) is 4.58. The number of thiophene rings is 1. The van der Waals surface area contributed by atoms with Crippen LogP contribution in [0.1, 0.15) is 18.4 Å². The van der Waals surface area contributed by atoms with Gasteiger partial charge in [0.1, 0.15) is 0 Å². The summed E-state index contributed by atoms with van der Waals surface area (Å²) in [7, 11) is 0. The molecule has 0 spiro atoms. The van der Waals surface area contributed by atoms with Crippen molar-refractivity contribution in [1.82, 2.24) is 4.90 Å². The first-order valence-corrected chi connectivity index (χ1v) is 7.92. The Morgan fingerprint density at radius 2 is 2.47 bits per heavy atom. The lowest BCUT2D eigenvalue weighted by Crippen LogP contribution is -2.51. The molecule has 0 bridgehead atoms. The van der Waals surface area contributed by atoms with E-state index < -0.39 is 0 Å². The van der Waals surface area contributed by atoms with Gasteiger partial charge in [0.2, 0.25) is 0 Å². The number of hydrogen-bond acceptors (Lipinski definition) is 4. The van der Waals surface area contributed by atoms with Gasteiger partial charge in [-0.15, -0.1) is 6.58 Å². The summed E-state index contributed by atoms with van der Waals surface area (Å²) in [6, 6.07) is 2.74. The molecule has 4 heteroatoms. The number of fused-ring (bicyclic) bond motifs is 1. The zero-order valence-corrected chi connectivity index (χ0v) is 12.0. The molecule has 0 N–H and O–H groups in total. The standard InChI is InChI=1S/C15H21NO2S/c1-2-7-17-14-4-3-13-15(14)18-8-6-16(13)10-12-5-9-19-11-12/h2,5,9,11,13-15H,1,3-4,6-8,10H2/t13-,14+,15+/m0/s1. The van der Waals surface area contributed by atoms with E-state index in [9.17, 15) is 0 Å². The first kappa shape index (κ1) is 13.3. The maximum Gasteiger partial charge on any atom is 0.0992 e. The first-order valence-electron chi connectivity index (χ1n) is 6.97. The van der Waals surface area contributed by atoms with E-state index >= 15 is 0 Å². The fourth-order valence-corrected chi connectivity index (χ4v) is 3.84. The molecule has 1 aliphatic carbocycles. The SMILES string of the molecule is C=CCO[C@@H]1CC[C@H]2[C@H]1OCCN2Cc1ccsc1. The highest BCUT2D eigenvalue weighted by atomic mass is 32.1. The molecule has 0 unspecified atom stereocenters. The van der Waals surface area contributed by atoms with Crippen molar-refractivity contribution < 1.29 is 9.47 Å². The van der Waals surface area contributed by atoms with Gasteiger partial charge in [-0.2, -0.15) is 11.3 Å². The number of nitrogens with zero attached hydrogens (tertiary/aromatic N) is 1. The van der Waals surface area contributed by atoms with Gasteiger partial charge in [-0.3, -0.25) is 4.90 Å². The quantitative estimate of drug-likeness (QED) is 0.774. The molecule has 1 aliphatic heterocycles. The van der Waals surface area contributed by atoms with E-state index in [0.717, 1.165) is 26.1 Å². The van der Waals surface area contributed by atoms with Crippen molar-refractivity contribution in [3.05, 3.63) is 35.0 Å². The maximum atomic E-state index is 5.96. The molecule has 1 saturated carbocycles. The molecular weight excluding hydrogens is 258 g/mol. The smallest absolute Gasteiger partial charge is 0.0992 e. The van der Waals surface area contributed by atoms with Crippen LogP contribution in [0.5, 0.6) is 0 Å². The fourth-order valence-electron chi connectivity index (χ4n) is 3.18. The Hall–Kier alpha value is -0.680. The van der Waals surface area contributed by atoms with Crippen LogP contribution in [-0.4, -0.2) is 42.9 Å². The molecule has 19 heavy (non-hydrogen) atoms. The van der Waals surface area contributed by atoms with E-state index in [0.29, 0.717) is 12.6 Å². The first-order chi connectivity index (χ1) is 9.38. The van der Waals surface area contributed by atoms with Crippen molar-refractivity contribution in [1.29, 1.82) is 0 Å². The van der Waals surface area contributed by atoms with Gasteiger partial charge in [-0.1, -0.05) is 6.08 Å². The molecule has 0 amide bonds. The second-order valence-corrected chi connectivity index (χ2v) is 6.02. The molecule has 3 atom stereocenters. The van der Waals surface area contributed by atoms with Crippen molar-refractivity contribution in [2.24, 2.45) is 0 Å². The Morgan fingerprint density at radius 3 is 3.26 bits per heavy atom. The Balaban J connectivity index is 1.63. The summed E-state index contributed by atoms with van der Waals surface area (Å²) in [5.41, 5.74) is 1.42. The van der Waals surface area contributed by atoms with E-state index in [1.54, 1.807) is 11.3 Å². The van der Waals surface area contributed by atoms with Crippen LogP contribution in [-0.2, 0) is 16.0 Å². The predicted molar refractivity (Wildman–Crippen MR) is 77.4 cm³/mol. The third-order valence-corrected chi connectivity index (χ3v) is 4.78. The topological polar surface area (TPSA) is 21.7 Å². The molecule has 0 radical (unpaired) electrons. The van der Waals surface area contributed by atoms with Crippen LogP contribution < -0.4 is 0 Å². The third-order valence-electron chi connectivity index (χ3n) is 4.04. The van der Waals surface area contributed by atoms with Crippen LogP contribution in [0.2, 0.25) is 0 Å². The van der Waals surface area contributed by atoms with Gasteiger partial charge in [0.25, 0.3) is 0 Å². The van der Waals surface area contributed by atoms with E-state index in [4.69, 9.17) is 9.47 Å². The van der Waals surface area contributed by atoms with Crippen LogP contribution in [0.25, 0.3) is 0 Å². The van der Waals surface area contributed by atoms with Crippen molar-refractivity contribution >= 4 is 11.3 Å². The highest BCUT2D eigenvalue weighted by Gasteiger charge is 2.43. The van der Waals surface area contributed by atoms with Crippen LogP contribution in [0, 0.1) is 0 Å². The number of morpholine rings is 1. The Labute approximate surface area is 118 Å². The second kappa shape index (κ2) is 6.18. The zero-order chi connectivity index (χ0) is 13.1. The number of ether oxygens (including phenoxy) is 2. The molecule has 2 fully saturated rings. The van der Waals surface area contributed by atoms with Crippen LogP contribution in [0.3, 0.4) is 0 Å². The second-order valence-electron chi connectivity index (χ2n) is 5.24. The molecule has 2 heterocycles. The minimum absolute atomic E-state index is 0.243. The molecule has 2 aliphatic rings. The average molecular weight is 279 g/mol. The van der Waals surface area contributed by atoms with Gasteiger partial charge >= 0.3 is 0 Å². The molecule has 104 valence electrons. The zero-order valence-electron chi connectivity index (χ0n) is 11.2. The summed E-state index contributed by atoms with van der Waals surface area (Å²) in [5.74, 6) is 0. The lowest BCUT2D eigenvalue weighted by molar-refractivity contribution is -0.111. The predicted octanol–water partition coefficient (Wildman–Crippen LogP) is 2.68. The van der Waals surface area contributed by atoms with E-state index in [2.05, 4.69) is 28.3 Å². The summed E-state index contributed by atoms with van der Waals surface area (Å²) >= 11 is 1.77. The van der Waals surface area contributed by atoms with Crippen LogP contribution in [0.4, 0.5) is 0 Å². The van der Waals surface area contributed by atoms with E-state index in [1.165, 1.54) is 12.0 Å². The van der Waals surface area contributed by atoms with Gasteiger partial charge < -0.3 is 9.47 Å². The highest BCUT2D eigenvalue weighted by Crippen LogP contribution is 2.33. The lowest BCUT2D eigenvalue weighted by Gasteiger charge is -2.38. The molecule has 3 nitrogen and oxygen atoms in total. The van der Waals surface area contributed by atoms with Crippen molar-refractivity contribution in [3.63, 3.8) is 0 Å². The molecule has 1 saturated heterocycles. The van der Waals surface area contributed by atoms with Gasteiger partial charge in [-0.25, -0.2) is 0 Å². The highest BCUT2D eigenvalue weighted by molar-refractivity contribution is 7.07. The fraction of sp³-hybridized carbons (Fsp3) is 0.600. The minimum atomic E-state index is 0.243. The summed E-state index contributed by atoms with van der Waals surface area (Å²) < 4.78 is 11.8.